The molecule has 0 fully saturated rings. The minimum Gasteiger partial charge on any atom is -0.469 e. The molecular formula is C10H19BrO2. The van der Waals surface area contributed by atoms with E-state index in [1.807, 2.05) is 13.8 Å². The Bertz CT molecular complexity index is 185. The van der Waals surface area contributed by atoms with Gasteiger partial charge in [-0.3, -0.25) is 4.79 Å². The summed E-state index contributed by atoms with van der Waals surface area (Å²) in [5, 5.41) is 0. The molecule has 2 nitrogen and oxygen atoms in total. The number of alkyl halides is 1. The minimum atomic E-state index is -0.414. The summed E-state index contributed by atoms with van der Waals surface area (Å²) >= 11 is 3.61. The Morgan fingerprint density at radius 3 is 2.15 bits per heavy atom. The van der Waals surface area contributed by atoms with Gasteiger partial charge in [0.25, 0.3) is 0 Å². The summed E-state index contributed by atoms with van der Waals surface area (Å²) in [6.07, 6.45) is 1.77. The van der Waals surface area contributed by atoms with E-state index in [-0.39, 0.29) is 10.3 Å². The first-order valence-electron chi connectivity index (χ1n) is 4.52. The molecule has 0 amide bonds. The molecule has 13 heavy (non-hydrogen) atoms. The van der Waals surface area contributed by atoms with E-state index in [0.717, 1.165) is 12.8 Å². The van der Waals surface area contributed by atoms with Gasteiger partial charge in [0.2, 0.25) is 0 Å². The number of carbonyl (C=O) groups excluding carboxylic acids is 1. The van der Waals surface area contributed by atoms with Crippen LogP contribution in [0, 0.1) is 5.41 Å². The average Bonchev–Trinajstić information content (AvgIpc) is 2.01. The summed E-state index contributed by atoms with van der Waals surface area (Å²) in [5.41, 5.74) is -0.414. The number of hydrogen-bond acceptors (Lipinski definition) is 2. The zero-order valence-corrected chi connectivity index (χ0v) is 10.7. The highest BCUT2D eigenvalue weighted by molar-refractivity contribution is 9.10. The van der Waals surface area contributed by atoms with Crippen LogP contribution < -0.4 is 0 Å². The molecule has 0 bridgehead atoms. The third-order valence-corrected chi connectivity index (χ3v) is 3.13. The lowest BCUT2D eigenvalue weighted by Gasteiger charge is -2.30. The van der Waals surface area contributed by atoms with E-state index in [1.165, 1.54) is 7.11 Å². The van der Waals surface area contributed by atoms with Crippen molar-refractivity contribution in [3.8, 4) is 0 Å². The van der Waals surface area contributed by atoms with E-state index in [1.54, 1.807) is 0 Å². The molecule has 0 aliphatic carbocycles. The van der Waals surface area contributed by atoms with Crippen molar-refractivity contribution < 1.29 is 9.53 Å². The zero-order chi connectivity index (χ0) is 10.7. The van der Waals surface area contributed by atoms with Gasteiger partial charge in [-0.25, -0.2) is 0 Å². The number of esters is 1. The molecule has 0 aliphatic heterocycles. The monoisotopic (exact) mass is 250 g/mol. The maximum absolute atomic E-state index is 11.4. The Balaban J connectivity index is 4.41. The largest absolute Gasteiger partial charge is 0.469 e. The molecule has 0 aromatic heterocycles. The van der Waals surface area contributed by atoms with E-state index < -0.39 is 5.41 Å². The fourth-order valence-corrected chi connectivity index (χ4v) is 2.10. The third kappa shape index (κ3) is 4.12. The summed E-state index contributed by atoms with van der Waals surface area (Å²) in [6.45, 7) is 8.02. The fraction of sp³-hybridized carbons (Fsp3) is 0.900. The van der Waals surface area contributed by atoms with Crippen LogP contribution in [0.3, 0.4) is 0 Å². The lowest BCUT2D eigenvalue weighted by Crippen LogP contribution is -2.33. The van der Waals surface area contributed by atoms with Gasteiger partial charge in [-0.1, -0.05) is 22.9 Å². The van der Waals surface area contributed by atoms with Crippen molar-refractivity contribution in [1.29, 1.82) is 0 Å². The van der Waals surface area contributed by atoms with Crippen LogP contribution in [0.15, 0.2) is 0 Å². The SMILES string of the molecule is CCC(C)(Br)CC(C)(C)C(=O)OC. The summed E-state index contributed by atoms with van der Waals surface area (Å²) in [4.78, 5) is 11.4. The molecule has 3 heteroatoms. The Morgan fingerprint density at radius 1 is 1.38 bits per heavy atom. The zero-order valence-electron chi connectivity index (χ0n) is 9.11. The topological polar surface area (TPSA) is 26.3 Å². The van der Waals surface area contributed by atoms with Gasteiger partial charge in [-0.2, -0.15) is 0 Å². The molecule has 78 valence electrons. The highest BCUT2D eigenvalue weighted by Crippen LogP contribution is 2.36. The smallest absolute Gasteiger partial charge is 0.311 e. The van der Waals surface area contributed by atoms with Gasteiger partial charge < -0.3 is 4.74 Å². The first kappa shape index (κ1) is 12.9. The van der Waals surface area contributed by atoms with Gasteiger partial charge in [-0.05, 0) is 33.6 Å². The van der Waals surface area contributed by atoms with Crippen LogP contribution in [0.5, 0.6) is 0 Å². The summed E-state index contributed by atoms with van der Waals surface area (Å²) in [6, 6.07) is 0. The standard InChI is InChI=1S/C10H19BrO2/c1-6-10(4,11)7-9(2,3)8(12)13-5/h6-7H2,1-5H3. The number of halogens is 1. The van der Waals surface area contributed by atoms with Crippen molar-refractivity contribution in [2.75, 3.05) is 7.11 Å². The lowest BCUT2D eigenvalue weighted by molar-refractivity contribution is -0.151. The van der Waals surface area contributed by atoms with Gasteiger partial charge >= 0.3 is 5.97 Å². The Hall–Kier alpha value is -0.0500. The predicted molar refractivity (Wildman–Crippen MR) is 58.0 cm³/mol. The van der Waals surface area contributed by atoms with E-state index in [2.05, 4.69) is 29.8 Å². The van der Waals surface area contributed by atoms with Gasteiger partial charge in [0.1, 0.15) is 0 Å². The predicted octanol–water partition coefficient (Wildman–Crippen LogP) is 3.14. The highest BCUT2D eigenvalue weighted by atomic mass is 79.9. The Labute approximate surface area is 89.2 Å². The number of ether oxygens (including phenoxy) is 1. The summed E-state index contributed by atoms with van der Waals surface area (Å²) in [7, 11) is 1.43. The summed E-state index contributed by atoms with van der Waals surface area (Å²) in [5.74, 6) is -0.147. The first-order valence-corrected chi connectivity index (χ1v) is 5.32. The van der Waals surface area contributed by atoms with Crippen molar-refractivity contribution in [3.05, 3.63) is 0 Å². The van der Waals surface area contributed by atoms with E-state index in [9.17, 15) is 4.79 Å². The molecule has 0 spiro atoms. The van der Waals surface area contributed by atoms with Crippen LogP contribution in [0.2, 0.25) is 0 Å². The van der Waals surface area contributed by atoms with Crippen molar-refractivity contribution in [1.82, 2.24) is 0 Å². The molecule has 0 saturated heterocycles. The van der Waals surface area contributed by atoms with Crippen LogP contribution >= 0.6 is 15.9 Å². The van der Waals surface area contributed by atoms with E-state index >= 15 is 0 Å². The van der Waals surface area contributed by atoms with Gasteiger partial charge in [-0.15, -0.1) is 0 Å². The van der Waals surface area contributed by atoms with Crippen molar-refractivity contribution in [2.24, 2.45) is 5.41 Å². The van der Waals surface area contributed by atoms with Crippen molar-refractivity contribution >= 4 is 21.9 Å². The van der Waals surface area contributed by atoms with E-state index in [4.69, 9.17) is 4.74 Å². The molecule has 1 unspecified atom stereocenters. The van der Waals surface area contributed by atoms with Crippen molar-refractivity contribution in [2.45, 2.75) is 44.9 Å². The van der Waals surface area contributed by atoms with Gasteiger partial charge in [0, 0.05) is 4.32 Å². The van der Waals surface area contributed by atoms with E-state index in [0.29, 0.717) is 0 Å². The van der Waals surface area contributed by atoms with Gasteiger partial charge in [0.15, 0.2) is 0 Å². The molecule has 0 aromatic carbocycles. The molecule has 0 saturated carbocycles. The molecule has 0 aliphatic rings. The molecule has 0 N–H and O–H groups in total. The number of methoxy groups -OCH3 is 1. The quantitative estimate of drug-likeness (QED) is 0.566. The average molecular weight is 251 g/mol. The first-order chi connectivity index (χ1) is 5.75. The van der Waals surface area contributed by atoms with Crippen LogP contribution in [0.4, 0.5) is 0 Å². The summed E-state index contributed by atoms with van der Waals surface area (Å²) < 4.78 is 4.76. The van der Waals surface area contributed by atoms with Crippen LogP contribution in [0.1, 0.15) is 40.5 Å². The molecular weight excluding hydrogens is 232 g/mol. The second-order valence-electron chi connectivity index (χ2n) is 4.32. The second-order valence-corrected chi connectivity index (χ2v) is 6.23. The highest BCUT2D eigenvalue weighted by Gasteiger charge is 2.35. The van der Waals surface area contributed by atoms with Crippen LogP contribution in [0.25, 0.3) is 0 Å². The minimum absolute atomic E-state index is 0.0185. The molecule has 1 atom stereocenters. The van der Waals surface area contributed by atoms with Crippen LogP contribution in [-0.2, 0) is 9.53 Å². The molecule has 0 heterocycles. The lowest BCUT2D eigenvalue weighted by atomic mass is 9.82. The molecule has 0 aromatic rings. The Morgan fingerprint density at radius 2 is 1.85 bits per heavy atom. The Kier molecular flexibility index (Phi) is 4.43. The van der Waals surface area contributed by atoms with Gasteiger partial charge in [0.05, 0.1) is 12.5 Å². The molecule has 0 rings (SSSR count). The van der Waals surface area contributed by atoms with Crippen LogP contribution in [-0.4, -0.2) is 17.4 Å². The molecule has 0 radical (unpaired) electrons. The third-order valence-electron chi connectivity index (χ3n) is 2.29. The van der Waals surface area contributed by atoms with Crippen molar-refractivity contribution in [3.63, 3.8) is 0 Å². The second kappa shape index (κ2) is 4.45. The number of hydrogen-bond donors (Lipinski definition) is 0. The maximum atomic E-state index is 11.4. The number of rotatable bonds is 4. The number of carbonyl (C=O) groups is 1. The fourth-order valence-electron chi connectivity index (χ4n) is 1.39. The normalized spacial score (nSPS) is 16.5. The maximum Gasteiger partial charge on any atom is 0.311 e.